The highest BCUT2D eigenvalue weighted by molar-refractivity contribution is 5.89. The molecule has 0 rings (SSSR count). The Kier molecular flexibility index (Phi) is 8.23. The van der Waals surface area contributed by atoms with Gasteiger partial charge in [-0.05, 0) is 47.0 Å². The van der Waals surface area contributed by atoms with E-state index in [4.69, 9.17) is 4.74 Å². The first-order chi connectivity index (χ1) is 10.8. The number of hydrogen-bond donors (Lipinski definition) is 2. The fourth-order valence-corrected chi connectivity index (χ4v) is 1.91. The topological polar surface area (TPSA) is 93.7 Å². The molecule has 2 N–H and O–H groups in total. The minimum absolute atomic E-state index is 0.135. The molecule has 140 valence electrons. The fourth-order valence-electron chi connectivity index (χ4n) is 1.91. The Hall–Kier alpha value is -1.79. The van der Waals surface area contributed by atoms with Crippen molar-refractivity contribution < 1.29 is 23.9 Å². The minimum Gasteiger partial charge on any atom is -0.469 e. The molecule has 0 saturated carbocycles. The highest BCUT2D eigenvalue weighted by Crippen LogP contribution is 2.13. The Balaban J connectivity index is 4.77. The summed E-state index contributed by atoms with van der Waals surface area (Å²) in [6.45, 7) is 12.4. The number of carbonyl (C=O) groups is 3. The molecular formula is C17H32N2O5. The van der Waals surface area contributed by atoms with Gasteiger partial charge in [0.25, 0.3) is 0 Å². The van der Waals surface area contributed by atoms with Crippen LogP contribution in [0.4, 0.5) is 4.79 Å². The number of rotatable bonds is 7. The lowest BCUT2D eigenvalue weighted by Gasteiger charge is -2.31. The lowest BCUT2D eigenvalue weighted by atomic mass is 9.96. The summed E-state index contributed by atoms with van der Waals surface area (Å²) in [5, 5.41) is 5.46. The second-order valence-corrected chi connectivity index (χ2v) is 7.69. The summed E-state index contributed by atoms with van der Waals surface area (Å²) in [6, 6.07) is -0.198. The van der Waals surface area contributed by atoms with Gasteiger partial charge >= 0.3 is 12.1 Å². The molecule has 0 spiro atoms. The molecule has 24 heavy (non-hydrogen) atoms. The molecule has 7 heteroatoms. The second-order valence-electron chi connectivity index (χ2n) is 7.69. The predicted molar refractivity (Wildman–Crippen MR) is 91.5 cm³/mol. The van der Waals surface area contributed by atoms with Crippen molar-refractivity contribution in [1.82, 2.24) is 10.6 Å². The maximum Gasteiger partial charge on any atom is 0.408 e. The van der Waals surface area contributed by atoms with Gasteiger partial charge in [-0.2, -0.15) is 0 Å². The van der Waals surface area contributed by atoms with Gasteiger partial charge in [0.15, 0.2) is 0 Å². The molecule has 0 aliphatic rings. The van der Waals surface area contributed by atoms with Crippen LogP contribution in [0, 0.1) is 5.92 Å². The van der Waals surface area contributed by atoms with Gasteiger partial charge < -0.3 is 20.1 Å². The van der Waals surface area contributed by atoms with E-state index in [1.54, 1.807) is 34.6 Å². The first-order valence-electron chi connectivity index (χ1n) is 8.17. The normalized spacial score (nSPS) is 13.2. The number of amides is 2. The molecule has 0 aromatic heterocycles. The average Bonchev–Trinajstić information content (AvgIpc) is 2.39. The van der Waals surface area contributed by atoms with Gasteiger partial charge in [-0.25, -0.2) is 4.79 Å². The fraction of sp³-hybridized carbons (Fsp3) is 0.824. The van der Waals surface area contributed by atoms with Crippen molar-refractivity contribution in [2.24, 2.45) is 5.92 Å². The summed E-state index contributed by atoms with van der Waals surface area (Å²) >= 11 is 0. The van der Waals surface area contributed by atoms with Crippen molar-refractivity contribution in [3.63, 3.8) is 0 Å². The van der Waals surface area contributed by atoms with Crippen molar-refractivity contribution in [3.8, 4) is 0 Å². The lowest BCUT2D eigenvalue weighted by molar-refractivity contribution is -0.141. The smallest absolute Gasteiger partial charge is 0.408 e. The van der Waals surface area contributed by atoms with Crippen LogP contribution in [-0.2, 0) is 19.1 Å². The van der Waals surface area contributed by atoms with E-state index >= 15 is 0 Å². The summed E-state index contributed by atoms with van der Waals surface area (Å²) in [6.07, 6.45) is 0.0383. The van der Waals surface area contributed by atoms with Gasteiger partial charge in [-0.3, -0.25) is 9.59 Å². The van der Waals surface area contributed by atoms with Crippen molar-refractivity contribution in [2.75, 3.05) is 7.11 Å². The Morgan fingerprint density at radius 3 is 2.00 bits per heavy atom. The summed E-state index contributed by atoms with van der Waals surface area (Å²) < 4.78 is 9.80. The molecule has 0 saturated heterocycles. The molecule has 1 unspecified atom stereocenters. The Labute approximate surface area is 144 Å². The molecule has 0 fully saturated rings. The molecule has 0 aromatic carbocycles. The van der Waals surface area contributed by atoms with E-state index in [0.29, 0.717) is 6.42 Å². The van der Waals surface area contributed by atoms with Crippen LogP contribution in [-0.4, -0.2) is 42.3 Å². The van der Waals surface area contributed by atoms with Gasteiger partial charge in [0.1, 0.15) is 11.1 Å². The third-order valence-electron chi connectivity index (χ3n) is 3.39. The monoisotopic (exact) mass is 344 g/mol. The van der Waals surface area contributed by atoms with Gasteiger partial charge in [0.05, 0.1) is 7.11 Å². The number of carbonyl (C=O) groups excluding carboxylic acids is 3. The molecule has 0 bridgehead atoms. The van der Waals surface area contributed by atoms with E-state index in [1.807, 2.05) is 13.8 Å². The van der Waals surface area contributed by atoms with Crippen molar-refractivity contribution >= 4 is 18.0 Å². The molecule has 0 aromatic rings. The molecule has 2 amide bonds. The van der Waals surface area contributed by atoms with E-state index in [1.165, 1.54) is 7.11 Å². The zero-order valence-electron chi connectivity index (χ0n) is 16.1. The number of ether oxygens (including phenoxy) is 2. The Morgan fingerprint density at radius 2 is 1.58 bits per heavy atom. The first-order valence-corrected chi connectivity index (χ1v) is 8.17. The molecule has 0 radical (unpaired) electrons. The maximum atomic E-state index is 12.5. The third-order valence-corrected chi connectivity index (χ3v) is 3.39. The molecule has 1 atom stereocenters. The van der Waals surface area contributed by atoms with Crippen LogP contribution >= 0.6 is 0 Å². The summed E-state index contributed by atoms with van der Waals surface area (Å²) in [5.74, 6) is -0.520. The molecule has 0 aliphatic heterocycles. The second kappa shape index (κ2) is 8.89. The highest BCUT2D eigenvalue weighted by Gasteiger charge is 2.33. The van der Waals surface area contributed by atoms with Gasteiger partial charge in [-0.1, -0.05) is 13.8 Å². The quantitative estimate of drug-likeness (QED) is 0.692. The van der Waals surface area contributed by atoms with Crippen LogP contribution in [0.15, 0.2) is 0 Å². The van der Waals surface area contributed by atoms with Crippen LogP contribution < -0.4 is 10.6 Å². The zero-order chi connectivity index (χ0) is 19.1. The molecule has 0 heterocycles. The highest BCUT2D eigenvalue weighted by atomic mass is 16.6. The molecule has 7 nitrogen and oxygen atoms in total. The van der Waals surface area contributed by atoms with E-state index < -0.39 is 17.2 Å². The van der Waals surface area contributed by atoms with E-state index in [0.717, 1.165) is 0 Å². The van der Waals surface area contributed by atoms with Crippen molar-refractivity contribution in [1.29, 1.82) is 0 Å². The van der Waals surface area contributed by atoms with E-state index in [-0.39, 0.29) is 30.3 Å². The number of nitrogens with one attached hydrogen (secondary N) is 2. The summed E-state index contributed by atoms with van der Waals surface area (Å²) in [4.78, 5) is 35.7. The maximum absolute atomic E-state index is 12.5. The standard InChI is InChI=1S/C17H32N2O5/c1-11(2)12(9-10-13(20)23-8)18-14(21)17(6,7)19-15(22)24-16(3,4)5/h11-12H,9-10H2,1-8H3,(H,18,21)(H,19,22). The number of esters is 1. The van der Waals surface area contributed by atoms with Crippen LogP contribution in [0.1, 0.15) is 61.3 Å². The summed E-state index contributed by atoms with van der Waals surface area (Å²) in [7, 11) is 1.33. The van der Waals surface area contributed by atoms with E-state index in [2.05, 4.69) is 15.4 Å². The lowest BCUT2D eigenvalue weighted by Crippen LogP contribution is -2.58. The summed E-state index contributed by atoms with van der Waals surface area (Å²) in [5.41, 5.74) is -1.78. The van der Waals surface area contributed by atoms with Gasteiger partial charge in [-0.15, -0.1) is 0 Å². The predicted octanol–water partition coefficient (Wildman–Crippen LogP) is 2.38. The van der Waals surface area contributed by atoms with Gasteiger partial charge in [0.2, 0.25) is 5.91 Å². The molecular weight excluding hydrogens is 312 g/mol. The van der Waals surface area contributed by atoms with Gasteiger partial charge in [0, 0.05) is 12.5 Å². The average molecular weight is 344 g/mol. The third kappa shape index (κ3) is 8.74. The van der Waals surface area contributed by atoms with Crippen LogP contribution in [0.5, 0.6) is 0 Å². The van der Waals surface area contributed by atoms with Crippen LogP contribution in [0.25, 0.3) is 0 Å². The zero-order valence-corrected chi connectivity index (χ0v) is 16.1. The Morgan fingerprint density at radius 1 is 1.04 bits per heavy atom. The minimum atomic E-state index is -1.14. The molecule has 0 aliphatic carbocycles. The number of methoxy groups -OCH3 is 1. The van der Waals surface area contributed by atoms with Crippen LogP contribution in [0.3, 0.4) is 0 Å². The number of hydrogen-bond acceptors (Lipinski definition) is 5. The largest absolute Gasteiger partial charge is 0.469 e. The van der Waals surface area contributed by atoms with Crippen LogP contribution in [0.2, 0.25) is 0 Å². The number of alkyl carbamates (subject to hydrolysis) is 1. The SMILES string of the molecule is COC(=O)CCC(NC(=O)C(C)(C)NC(=O)OC(C)(C)C)C(C)C. The Bertz CT molecular complexity index is 452. The van der Waals surface area contributed by atoms with Crippen molar-refractivity contribution in [3.05, 3.63) is 0 Å². The van der Waals surface area contributed by atoms with Crippen molar-refractivity contribution in [2.45, 2.75) is 78.5 Å². The first kappa shape index (κ1) is 22.2. The van der Waals surface area contributed by atoms with E-state index in [9.17, 15) is 14.4 Å².